The Kier molecular flexibility index (Phi) is 5.00. The van der Waals surface area contributed by atoms with Crippen LogP contribution >= 0.6 is 0 Å². The van der Waals surface area contributed by atoms with Crippen molar-refractivity contribution in [1.29, 1.82) is 0 Å². The van der Waals surface area contributed by atoms with Gasteiger partial charge in [-0.05, 0) is 55.5 Å². The Morgan fingerprint density at radius 2 is 1.97 bits per heavy atom. The number of rotatable bonds is 5. The van der Waals surface area contributed by atoms with E-state index in [1.165, 1.54) is 29.2 Å². The first-order valence-corrected chi connectivity index (χ1v) is 10.3. The van der Waals surface area contributed by atoms with E-state index in [-0.39, 0.29) is 6.04 Å². The van der Waals surface area contributed by atoms with Crippen LogP contribution in [0.3, 0.4) is 0 Å². The molecule has 1 aromatic carbocycles. The van der Waals surface area contributed by atoms with Gasteiger partial charge in [0.2, 0.25) is 0 Å². The van der Waals surface area contributed by atoms with Crippen molar-refractivity contribution in [3.05, 3.63) is 90.2 Å². The predicted molar refractivity (Wildman–Crippen MR) is 119 cm³/mol. The Bertz CT molecular complexity index is 1230. The predicted octanol–water partition coefficient (Wildman–Crippen LogP) is 4.85. The highest BCUT2D eigenvalue weighted by Crippen LogP contribution is 2.29. The number of allylic oxidation sites excluding steroid dienone is 3. The van der Waals surface area contributed by atoms with E-state index in [9.17, 15) is 0 Å². The molecule has 7 heteroatoms. The number of hydrogen-bond acceptors (Lipinski definition) is 6. The molecule has 7 nitrogen and oxygen atoms in total. The minimum atomic E-state index is -0.211. The van der Waals surface area contributed by atoms with E-state index in [1.807, 2.05) is 4.68 Å². The SMILES string of the molecule is Cc1cc(C)cc(-n2ncc3c(NC(C4=CC=CCC4)C4=COC=CO4)ncnc32)c1. The van der Waals surface area contributed by atoms with Crippen molar-refractivity contribution in [2.75, 3.05) is 5.32 Å². The van der Waals surface area contributed by atoms with Crippen LogP contribution in [0.5, 0.6) is 0 Å². The number of aryl methyl sites for hydroxylation is 2. The van der Waals surface area contributed by atoms with Crippen LogP contribution in [0, 0.1) is 13.8 Å². The third kappa shape index (κ3) is 3.82. The lowest BCUT2D eigenvalue weighted by molar-refractivity contribution is 0.245. The summed E-state index contributed by atoms with van der Waals surface area (Å²) in [6.07, 6.45) is 16.3. The number of nitrogens with one attached hydrogen (secondary N) is 1. The summed E-state index contributed by atoms with van der Waals surface area (Å²) < 4.78 is 13.0. The maximum absolute atomic E-state index is 5.74. The second-order valence-corrected chi connectivity index (χ2v) is 7.69. The molecule has 0 spiro atoms. The molecule has 156 valence electrons. The first kappa shape index (κ1) is 19.1. The molecule has 5 rings (SSSR count). The molecule has 1 atom stereocenters. The fourth-order valence-corrected chi connectivity index (χ4v) is 3.97. The average molecular weight is 413 g/mol. The Balaban J connectivity index is 1.55. The normalized spacial score (nSPS) is 16.3. The molecule has 0 radical (unpaired) electrons. The first-order valence-electron chi connectivity index (χ1n) is 10.3. The highest BCUT2D eigenvalue weighted by Gasteiger charge is 2.24. The fraction of sp³-hybridized carbons (Fsp3) is 0.208. The molecule has 0 saturated carbocycles. The Morgan fingerprint density at radius 3 is 2.71 bits per heavy atom. The van der Waals surface area contributed by atoms with Gasteiger partial charge in [0.05, 0.1) is 17.3 Å². The summed E-state index contributed by atoms with van der Waals surface area (Å²) in [7, 11) is 0. The molecule has 0 fully saturated rings. The number of nitrogens with zero attached hydrogens (tertiary/aromatic N) is 4. The van der Waals surface area contributed by atoms with E-state index in [1.54, 1.807) is 18.8 Å². The van der Waals surface area contributed by atoms with E-state index >= 15 is 0 Å². The maximum atomic E-state index is 5.74. The highest BCUT2D eigenvalue weighted by atomic mass is 16.5. The van der Waals surface area contributed by atoms with Gasteiger partial charge in [-0.15, -0.1) is 0 Å². The van der Waals surface area contributed by atoms with Crippen molar-refractivity contribution in [3.63, 3.8) is 0 Å². The number of hydrogen-bond donors (Lipinski definition) is 1. The fourth-order valence-electron chi connectivity index (χ4n) is 3.97. The molecule has 1 unspecified atom stereocenters. The second-order valence-electron chi connectivity index (χ2n) is 7.69. The van der Waals surface area contributed by atoms with Gasteiger partial charge in [0.25, 0.3) is 0 Å². The van der Waals surface area contributed by atoms with Crippen molar-refractivity contribution in [2.24, 2.45) is 0 Å². The van der Waals surface area contributed by atoms with Gasteiger partial charge in [0.15, 0.2) is 11.4 Å². The number of ether oxygens (including phenoxy) is 2. The molecule has 2 aromatic heterocycles. The third-order valence-electron chi connectivity index (χ3n) is 5.32. The Hall–Kier alpha value is -3.87. The number of benzene rings is 1. The molecule has 31 heavy (non-hydrogen) atoms. The van der Waals surface area contributed by atoms with Crippen LogP contribution in [-0.2, 0) is 9.47 Å². The Morgan fingerprint density at radius 1 is 1.10 bits per heavy atom. The first-order chi connectivity index (χ1) is 15.2. The minimum Gasteiger partial charge on any atom is -0.466 e. The number of anilines is 1. The summed E-state index contributed by atoms with van der Waals surface area (Å²) in [5, 5.41) is 8.98. The zero-order valence-corrected chi connectivity index (χ0v) is 17.4. The van der Waals surface area contributed by atoms with Crippen molar-refractivity contribution < 1.29 is 9.47 Å². The molecular formula is C24H23N5O2. The van der Waals surface area contributed by atoms with Crippen LogP contribution in [-0.4, -0.2) is 25.8 Å². The summed E-state index contributed by atoms with van der Waals surface area (Å²) in [6.45, 7) is 4.16. The van der Waals surface area contributed by atoms with Gasteiger partial charge in [-0.2, -0.15) is 5.10 Å². The van der Waals surface area contributed by atoms with Gasteiger partial charge < -0.3 is 14.8 Å². The molecule has 2 aliphatic rings. The number of aromatic nitrogens is 4. The lowest BCUT2D eigenvalue weighted by atomic mass is 9.96. The molecule has 0 bridgehead atoms. The lowest BCUT2D eigenvalue weighted by Crippen LogP contribution is -2.27. The highest BCUT2D eigenvalue weighted by molar-refractivity contribution is 5.87. The zero-order chi connectivity index (χ0) is 21.2. The summed E-state index contributed by atoms with van der Waals surface area (Å²) >= 11 is 0. The van der Waals surface area contributed by atoms with Crippen LogP contribution in [0.15, 0.2) is 79.1 Å². The molecule has 1 N–H and O–H groups in total. The van der Waals surface area contributed by atoms with Crippen LogP contribution in [0.2, 0.25) is 0 Å². The standard InChI is InChI=1S/C24H23N5O2/c1-16-10-17(2)12-19(11-16)29-24-20(13-27-29)23(25-15-26-24)28-22(18-6-4-3-5-7-18)21-14-30-8-9-31-21/h3-4,6,8-15,22H,5,7H2,1-2H3,(H,25,26,28). The minimum absolute atomic E-state index is 0.211. The van der Waals surface area contributed by atoms with Crippen molar-refractivity contribution in [2.45, 2.75) is 32.7 Å². The quantitative estimate of drug-likeness (QED) is 0.645. The van der Waals surface area contributed by atoms with Crippen LogP contribution in [0.1, 0.15) is 24.0 Å². The molecule has 3 heterocycles. The average Bonchev–Trinajstić information content (AvgIpc) is 3.23. The number of fused-ring (bicyclic) bond motifs is 1. The molecular weight excluding hydrogens is 390 g/mol. The van der Waals surface area contributed by atoms with E-state index < -0.39 is 0 Å². The zero-order valence-electron chi connectivity index (χ0n) is 17.4. The summed E-state index contributed by atoms with van der Waals surface area (Å²) in [4.78, 5) is 9.03. The Labute approximate surface area is 180 Å². The topological polar surface area (TPSA) is 74.1 Å². The van der Waals surface area contributed by atoms with Gasteiger partial charge in [-0.3, -0.25) is 0 Å². The molecule has 3 aromatic rings. The summed E-state index contributed by atoms with van der Waals surface area (Å²) in [6, 6.07) is 6.13. The molecule has 0 saturated heterocycles. The molecule has 1 aliphatic heterocycles. The third-order valence-corrected chi connectivity index (χ3v) is 5.32. The van der Waals surface area contributed by atoms with Crippen molar-refractivity contribution >= 4 is 16.9 Å². The molecule has 1 aliphatic carbocycles. The summed E-state index contributed by atoms with van der Waals surface area (Å²) in [5.74, 6) is 1.37. The lowest BCUT2D eigenvalue weighted by Gasteiger charge is -2.26. The van der Waals surface area contributed by atoms with E-state index in [4.69, 9.17) is 9.47 Å². The van der Waals surface area contributed by atoms with Crippen molar-refractivity contribution in [1.82, 2.24) is 19.7 Å². The van der Waals surface area contributed by atoms with E-state index in [2.05, 4.69) is 70.7 Å². The monoisotopic (exact) mass is 413 g/mol. The van der Waals surface area contributed by atoms with Gasteiger partial charge >= 0.3 is 0 Å². The van der Waals surface area contributed by atoms with Gasteiger partial charge in [0, 0.05) is 0 Å². The molecule has 0 amide bonds. The summed E-state index contributed by atoms with van der Waals surface area (Å²) in [5.41, 5.74) is 5.27. The van der Waals surface area contributed by atoms with Gasteiger partial charge in [-0.25, -0.2) is 14.6 Å². The van der Waals surface area contributed by atoms with Crippen LogP contribution < -0.4 is 5.32 Å². The van der Waals surface area contributed by atoms with E-state index in [0.717, 1.165) is 29.6 Å². The van der Waals surface area contributed by atoms with Gasteiger partial charge in [0.1, 0.15) is 37.0 Å². The second kappa shape index (κ2) is 8.10. The van der Waals surface area contributed by atoms with Crippen LogP contribution in [0.25, 0.3) is 16.7 Å². The van der Waals surface area contributed by atoms with Crippen LogP contribution in [0.4, 0.5) is 5.82 Å². The van der Waals surface area contributed by atoms with E-state index in [0.29, 0.717) is 11.6 Å². The van der Waals surface area contributed by atoms with Gasteiger partial charge in [-0.1, -0.05) is 24.3 Å². The van der Waals surface area contributed by atoms with Crippen molar-refractivity contribution in [3.8, 4) is 5.69 Å². The maximum Gasteiger partial charge on any atom is 0.168 e. The smallest absolute Gasteiger partial charge is 0.168 e. The largest absolute Gasteiger partial charge is 0.466 e.